The first-order valence-electron chi connectivity index (χ1n) is 7.98. The summed E-state index contributed by atoms with van der Waals surface area (Å²) in [5.41, 5.74) is 0.931. The summed E-state index contributed by atoms with van der Waals surface area (Å²) in [6.07, 6.45) is -3.47. The molecule has 0 spiro atoms. The number of alkyl halides is 3. The molecule has 134 valence electrons. The topological polar surface area (TPSA) is 36.4 Å². The third kappa shape index (κ3) is 3.63. The van der Waals surface area contributed by atoms with E-state index in [1.165, 1.54) is 23.5 Å². The molecule has 0 unspecified atom stereocenters. The number of hydrogen-bond acceptors (Lipinski definition) is 3. The lowest BCUT2D eigenvalue weighted by atomic mass is 10.1. The molecule has 0 N–H and O–H groups in total. The summed E-state index contributed by atoms with van der Waals surface area (Å²) in [4.78, 5) is 21.5. The van der Waals surface area contributed by atoms with E-state index in [1.54, 1.807) is 9.80 Å². The minimum Gasteiger partial charge on any atom is -0.318 e. The van der Waals surface area contributed by atoms with Crippen molar-refractivity contribution in [2.45, 2.75) is 33.0 Å². The normalized spacial score (nSPS) is 15.3. The quantitative estimate of drug-likeness (QED) is 0.797. The Morgan fingerprint density at radius 2 is 1.88 bits per heavy atom. The molecule has 1 fully saturated rings. The Balaban J connectivity index is 1.69. The third-order valence-electron chi connectivity index (χ3n) is 4.18. The molecule has 25 heavy (non-hydrogen) atoms. The first kappa shape index (κ1) is 17.7. The number of nitrogens with zero attached hydrogens (tertiary/aromatic N) is 3. The molecule has 1 aliphatic heterocycles. The highest BCUT2D eigenvalue weighted by atomic mass is 32.1. The van der Waals surface area contributed by atoms with Gasteiger partial charge in [0.05, 0.1) is 11.3 Å². The predicted molar refractivity (Wildman–Crippen MR) is 90.8 cm³/mol. The van der Waals surface area contributed by atoms with Crippen molar-refractivity contribution in [1.29, 1.82) is 0 Å². The van der Waals surface area contributed by atoms with E-state index in [0.29, 0.717) is 30.3 Å². The predicted octanol–water partition coefficient (Wildman–Crippen LogP) is 4.47. The van der Waals surface area contributed by atoms with Crippen LogP contribution in [-0.2, 0) is 19.1 Å². The van der Waals surface area contributed by atoms with E-state index in [9.17, 15) is 18.0 Å². The zero-order valence-corrected chi connectivity index (χ0v) is 14.7. The van der Waals surface area contributed by atoms with Gasteiger partial charge in [-0.3, -0.25) is 4.90 Å². The van der Waals surface area contributed by atoms with Gasteiger partial charge in [-0.05, 0) is 31.0 Å². The van der Waals surface area contributed by atoms with Crippen LogP contribution in [0.1, 0.15) is 28.6 Å². The number of thiazole rings is 1. The molecule has 2 amide bonds. The van der Waals surface area contributed by atoms with Crippen molar-refractivity contribution in [1.82, 2.24) is 9.88 Å². The average Bonchev–Trinajstić information content (AvgIpc) is 3.10. The van der Waals surface area contributed by atoms with Crippen LogP contribution in [0.15, 0.2) is 24.3 Å². The fourth-order valence-electron chi connectivity index (χ4n) is 2.78. The van der Waals surface area contributed by atoms with Crippen LogP contribution in [0.5, 0.6) is 0 Å². The number of urea groups is 1. The minimum atomic E-state index is -4.35. The maximum atomic E-state index is 12.6. The van der Waals surface area contributed by atoms with E-state index in [4.69, 9.17) is 0 Å². The molecular formula is C17H18F3N3OS. The van der Waals surface area contributed by atoms with Crippen molar-refractivity contribution in [3.05, 3.63) is 46.0 Å². The third-order valence-corrected chi connectivity index (χ3v) is 5.51. The molecule has 1 aromatic carbocycles. The maximum absolute atomic E-state index is 12.6. The Bertz CT molecular complexity index is 770. The summed E-state index contributed by atoms with van der Waals surface area (Å²) < 4.78 is 37.8. The molecule has 0 atom stereocenters. The number of rotatable bonds is 4. The van der Waals surface area contributed by atoms with E-state index in [0.717, 1.165) is 29.1 Å². The number of carbonyl (C=O) groups excluding carboxylic acids is 1. The monoisotopic (exact) mass is 369 g/mol. The molecular weight excluding hydrogens is 351 g/mol. The zero-order chi connectivity index (χ0) is 18.2. The maximum Gasteiger partial charge on any atom is 0.416 e. The highest BCUT2D eigenvalue weighted by Crippen LogP contribution is 2.31. The molecule has 2 aromatic rings. The van der Waals surface area contributed by atoms with Gasteiger partial charge in [0.2, 0.25) is 0 Å². The molecule has 8 heteroatoms. The van der Waals surface area contributed by atoms with Crippen molar-refractivity contribution in [2.75, 3.05) is 18.0 Å². The van der Waals surface area contributed by atoms with Crippen molar-refractivity contribution >= 4 is 22.5 Å². The van der Waals surface area contributed by atoms with Gasteiger partial charge < -0.3 is 4.90 Å². The number of amides is 2. The van der Waals surface area contributed by atoms with Gasteiger partial charge >= 0.3 is 12.2 Å². The molecule has 0 bridgehead atoms. The summed E-state index contributed by atoms with van der Waals surface area (Å²) in [6.45, 7) is 5.33. The number of carbonyl (C=O) groups is 1. The smallest absolute Gasteiger partial charge is 0.318 e. The second-order valence-electron chi connectivity index (χ2n) is 5.91. The minimum absolute atomic E-state index is 0.156. The molecule has 0 saturated carbocycles. The van der Waals surface area contributed by atoms with E-state index in [1.807, 2.05) is 13.8 Å². The van der Waals surface area contributed by atoms with Gasteiger partial charge in [-0.25, -0.2) is 9.78 Å². The Morgan fingerprint density at radius 3 is 2.44 bits per heavy atom. The number of hydrogen-bond donors (Lipinski definition) is 0. The van der Waals surface area contributed by atoms with Crippen LogP contribution >= 0.6 is 11.3 Å². The van der Waals surface area contributed by atoms with Gasteiger partial charge in [0.1, 0.15) is 0 Å². The average molecular weight is 369 g/mol. The van der Waals surface area contributed by atoms with Crippen LogP contribution in [0.2, 0.25) is 0 Å². The molecule has 2 heterocycles. The Kier molecular flexibility index (Phi) is 4.73. The number of anilines is 1. The van der Waals surface area contributed by atoms with Crippen molar-refractivity contribution in [2.24, 2.45) is 0 Å². The van der Waals surface area contributed by atoms with Gasteiger partial charge in [0, 0.05) is 24.5 Å². The highest BCUT2D eigenvalue weighted by molar-refractivity contribution is 7.15. The largest absolute Gasteiger partial charge is 0.416 e. The van der Waals surface area contributed by atoms with Gasteiger partial charge in [-0.15, -0.1) is 11.3 Å². The van der Waals surface area contributed by atoms with E-state index < -0.39 is 11.7 Å². The Hall–Kier alpha value is -2.09. The van der Waals surface area contributed by atoms with E-state index in [-0.39, 0.29) is 6.03 Å². The first-order chi connectivity index (χ1) is 11.8. The number of aromatic nitrogens is 1. The molecule has 1 aliphatic rings. The molecule has 1 saturated heterocycles. The molecule has 1 aromatic heterocycles. The van der Waals surface area contributed by atoms with Crippen LogP contribution in [-0.4, -0.2) is 29.0 Å². The standard InChI is InChI=1S/C17H18F3N3OS/c1-3-14-11(2)21-15(25-14)23-9-8-22(16(23)24)10-12-4-6-13(7-5-12)17(18,19)20/h4-7H,3,8-10H2,1-2H3. The Morgan fingerprint density at radius 1 is 1.20 bits per heavy atom. The summed E-state index contributed by atoms with van der Waals surface area (Å²) >= 11 is 1.52. The van der Waals surface area contributed by atoms with Crippen LogP contribution in [0, 0.1) is 6.92 Å². The van der Waals surface area contributed by atoms with Crippen LogP contribution in [0.4, 0.5) is 23.1 Å². The lowest BCUT2D eigenvalue weighted by Crippen LogP contribution is -2.31. The lowest BCUT2D eigenvalue weighted by molar-refractivity contribution is -0.137. The summed E-state index contributed by atoms with van der Waals surface area (Å²) in [6, 6.07) is 4.77. The Labute approximate surface area is 147 Å². The van der Waals surface area contributed by atoms with Crippen molar-refractivity contribution in [3.63, 3.8) is 0 Å². The lowest BCUT2D eigenvalue weighted by Gasteiger charge is -2.17. The SMILES string of the molecule is CCc1sc(N2CCN(Cc3ccc(C(F)(F)F)cc3)C2=O)nc1C. The highest BCUT2D eigenvalue weighted by Gasteiger charge is 2.33. The van der Waals surface area contributed by atoms with Gasteiger partial charge in [-0.1, -0.05) is 19.1 Å². The van der Waals surface area contributed by atoms with Crippen LogP contribution < -0.4 is 4.90 Å². The molecule has 0 radical (unpaired) electrons. The zero-order valence-electron chi connectivity index (χ0n) is 13.9. The summed E-state index contributed by atoms with van der Waals surface area (Å²) in [5.74, 6) is 0. The van der Waals surface area contributed by atoms with Gasteiger partial charge in [0.15, 0.2) is 5.13 Å². The van der Waals surface area contributed by atoms with Gasteiger partial charge in [0.25, 0.3) is 0 Å². The second kappa shape index (κ2) is 6.67. The fourth-order valence-corrected chi connectivity index (χ4v) is 3.80. The van der Waals surface area contributed by atoms with Crippen LogP contribution in [0.25, 0.3) is 0 Å². The number of halogens is 3. The number of benzene rings is 1. The van der Waals surface area contributed by atoms with Crippen molar-refractivity contribution < 1.29 is 18.0 Å². The summed E-state index contributed by atoms with van der Waals surface area (Å²) in [7, 11) is 0. The molecule has 4 nitrogen and oxygen atoms in total. The van der Waals surface area contributed by atoms with E-state index in [2.05, 4.69) is 4.98 Å². The first-order valence-corrected chi connectivity index (χ1v) is 8.80. The van der Waals surface area contributed by atoms with Crippen molar-refractivity contribution in [3.8, 4) is 0 Å². The molecule has 3 rings (SSSR count). The fraction of sp³-hybridized carbons (Fsp3) is 0.412. The summed E-state index contributed by atoms with van der Waals surface area (Å²) in [5, 5.41) is 0.689. The number of aryl methyl sites for hydroxylation is 2. The molecule has 0 aliphatic carbocycles. The van der Waals surface area contributed by atoms with Crippen LogP contribution in [0.3, 0.4) is 0 Å². The van der Waals surface area contributed by atoms with Gasteiger partial charge in [-0.2, -0.15) is 13.2 Å². The van der Waals surface area contributed by atoms with E-state index >= 15 is 0 Å². The second-order valence-corrected chi connectivity index (χ2v) is 6.97.